The lowest BCUT2D eigenvalue weighted by Crippen LogP contribution is -2.65. The number of primary amides is 1. The first-order valence-electron chi connectivity index (χ1n) is 15.5. The molecule has 4 saturated heterocycles. The lowest BCUT2D eigenvalue weighted by molar-refractivity contribution is -0.367. The minimum absolute atomic E-state index is 0.0212. The van der Waals surface area contributed by atoms with Gasteiger partial charge in [0.25, 0.3) is 0 Å². The smallest absolute Gasteiger partial charge is 0.404 e. The van der Waals surface area contributed by atoms with Crippen LogP contribution >= 0.6 is 11.8 Å². The van der Waals surface area contributed by atoms with E-state index in [1.165, 1.54) is 0 Å². The Kier molecular flexibility index (Phi) is 14.5. The predicted molar refractivity (Wildman–Crippen MR) is 159 cm³/mol. The first-order chi connectivity index (χ1) is 22.5. The molecule has 0 spiro atoms. The van der Waals surface area contributed by atoms with E-state index in [1.54, 1.807) is 0 Å². The number of carbonyl (C=O) groups is 3. The van der Waals surface area contributed by atoms with Gasteiger partial charge in [-0.2, -0.15) is 11.8 Å². The van der Waals surface area contributed by atoms with Crippen molar-refractivity contribution in [2.45, 2.75) is 104 Å². The van der Waals surface area contributed by atoms with Crippen molar-refractivity contribution in [3.05, 3.63) is 0 Å². The normalized spacial score (nSPS) is 38.3. The highest BCUT2D eigenvalue weighted by Gasteiger charge is 2.52. The summed E-state index contributed by atoms with van der Waals surface area (Å²) in [5.74, 6) is 0.783. The van der Waals surface area contributed by atoms with Crippen LogP contribution in [0.1, 0.15) is 25.7 Å². The first kappa shape index (κ1) is 37.7. The van der Waals surface area contributed by atoms with Crippen LogP contribution in [0.3, 0.4) is 0 Å². The van der Waals surface area contributed by atoms with Crippen LogP contribution in [0.2, 0.25) is 0 Å². The lowest BCUT2D eigenvalue weighted by atomic mass is 9.97. The van der Waals surface area contributed by atoms with Gasteiger partial charge in [0.15, 0.2) is 18.7 Å². The molecule has 0 aromatic heterocycles. The fraction of sp³-hybridized carbons (Fsp3) is 0.889. The Bertz CT molecular complexity index is 1030. The largest absolute Gasteiger partial charge is 0.441 e. The van der Waals surface area contributed by atoms with Gasteiger partial charge in [-0.05, 0) is 12.8 Å². The number of urea groups is 1. The monoisotopic (exact) mass is 698 g/mol. The number of carbonyl (C=O) groups excluding carboxylic acids is 3. The molecule has 0 saturated carbocycles. The summed E-state index contributed by atoms with van der Waals surface area (Å²) in [6.07, 6.45) is -14.3. The minimum atomic E-state index is -1.84. The van der Waals surface area contributed by atoms with Gasteiger partial charge in [-0.3, -0.25) is 4.79 Å². The van der Waals surface area contributed by atoms with Crippen LogP contribution in [0, 0.1) is 0 Å². The van der Waals surface area contributed by atoms with Crippen molar-refractivity contribution in [2.24, 2.45) is 5.73 Å². The standard InChI is InChI=1S/C27H46N4O15S/c28-26(39)46-22-19(36)14(10-33)43-24(21(22)38)45-23-20(37)18(35)13(9-32)44-25(23)42-8-7-41-6-5-29-16(34)4-2-1-3-15-17-12(11-47-15)30-27(40)31-17/h12-15,17-25,32-33,35-38H,1-11H2,(H2,28,39)(H,29,34)(H2,30,31,40)/t12-,13-,14?,15-,17-,18+,19?,20-,21?,22?,23-,24?,25+/m0/s1. The van der Waals surface area contributed by atoms with E-state index in [-0.39, 0.29) is 50.4 Å². The van der Waals surface area contributed by atoms with Crippen LogP contribution in [0.15, 0.2) is 0 Å². The van der Waals surface area contributed by atoms with E-state index < -0.39 is 80.7 Å². The number of nitrogens with one attached hydrogen (secondary N) is 3. The number of rotatable bonds is 17. The fourth-order valence-corrected chi connectivity index (χ4v) is 7.42. The second-order valence-corrected chi connectivity index (χ2v) is 12.9. The van der Waals surface area contributed by atoms with Gasteiger partial charge in [0.1, 0.15) is 42.7 Å². The van der Waals surface area contributed by atoms with Crippen LogP contribution in [0.5, 0.6) is 0 Å². The number of thioether (sulfide) groups is 1. The van der Waals surface area contributed by atoms with Crippen LogP contribution in [-0.2, 0) is 33.2 Å². The zero-order chi connectivity index (χ0) is 34.1. The maximum atomic E-state index is 12.2. The third-order valence-corrected chi connectivity index (χ3v) is 9.86. The Morgan fingerprint density at radius 3 is 2.36 bits per heavy atom. The maximum absolute atomic E-state index is 12.2. The summed E-state index contributed by atoms with van der Waals surface area (Å²) in [4.78, 5) is 35.0. The molecular weight excluding hydrogens is 652 g/mol. The number of fused-ring (bicyclic) bond motifs is 1. The molecule has 5 unspecified atom stereocenters. The van der Waals surface area contributed by atoms with E-state index in [4.69, 9.17) is 34.2 Å². The number of aliphatic hydroxyl groups excluding tert-OH is 6. The van der Waals surface area contributed by atoms with Crippen LogP contribution < -0.4 is 21.7 Å². The summed E-state index contributed by atoms with van der Waals surface area (Å²) in [6, 6.07) is 0.199. The van der Waals surface area contributed by atoms with Crippen LogP contribution in [-0.4, -0.2) is 173 Å². The van der Waals surface area contributed by atoms with E-state index in [0.29, 0.717) is 11.7 Å². The first-order valence-corrected chi connectivity index (χ1v) is 16.6. The molecule has 4 rings (SSSR count). The molecule has 0 bridgehead atoms. The molecule has 11 N–H and O–H groups in total. The molecule has 0 aromatic carbocycles. The van der Waals surface area contributed by atoms with Gasteiger partial charge in [0.2, 0.25) is 5.91 Å². The van der Waals surface area contributed by atoms with E-state index in [0.717, 1.165) is 25.0 Å². The summed E-state index contributed by atoms with van der Waals surface area (Å²) < 4.78 is 32.5. The molecule has 13 atom stereocenters. The Morgan fingerprint density at radius 2 is 1.64 bits per heavy atom. The van der Waals surface area contributed by atoms with E-state index in [2.05, 4.69) is 16.0 Å². The number of hydrogen-bond donors (Lipinski definition) is 10. The highest BCUT2D eigenvalue weighted by molar-refractivity contribution is 8.00. The number of nitrogens with two attached hydrogens (primary N) is 1. The highest BCUT2D eigenvalue weighted by atomic mass is 32.2. The number of amides is 4. The van der Waals surface area contributed by atoms with Crippen molar-refractivity contribution < 1.29 is 73.4 Å². The second-order valence-electron chi connectivity index (χ2n) is 11.6. The lowest BCUT2D eigenvalue weighted by Gasteiger charge is -2.46. The van der Waals surface area contributed by atoms with Gasteiger partial charge in [-0.1, -0.05) is 6.42 Å². The molecule has 4 aliphatic heterocycles. The third-order valence-electron chi connectivity index (χ3n) is 8.35. The topological polar surface area (TPSA) is 290 Å². The van der Waals surface area contributed by atoms with Crippen molar-refractivity contribution in [1.29, 1.82) is 0 Å². The quantitative estimate of drug-likeness (QED) is 0.0507. The Labute approximate surface area is 274 Å². The van der Waals surface area contributed by atoms with Crippen LogP contribution in [0.4, 0.5) is 9.59 Å². The number of unbranched alkanes of at least 4 members (excludes halogenated alkanes) is 1. The number of aliphatic hydroxyl groups is 6. The fourth-order valence-electron chi connectivity index (χ4n) is 5.88. The summed E-state index contributed by atoms with van der Waals surface area (Å²) in [6.45, 7) is -1.10. The molecule has 4 aliphatic rings. The maximum Gasteiger partial charge on any atom is 0.404 e. The van der Waals surface area contributed by atoms with Crippen molar-refractivity contribution in [3.63, 3.8) is 0 Å². The van der Waals surface area contributed by atoms with Gasteiger partial charge in [0, 0.05) is 24.0 Å². The summed E-state index contributed by atoms with van der Waals surface area (Å²) in [5, 5.41) is 70.2. The van der Waals surface area contributed by atoms with Gasteiger partial charge < -0.3 is 80.7 Å². The molecule has 0 radical (unpaired) electrons. The van der Waals surface area contributed by atoms with Gasteiger partial charge >= 0.3 is 12.1 Å². The molecule has 19 nitrogen and oxygen atoms in total. The average molecular weight is 699 g/mol. The molecule has 4 amide bonds. The molecule has 0 aliphatic carbocycles. The van der Waals surface area contributed by atoms with E-state index in [9.17, 15) is 45.0 Å². The molecule has 270 valence electrons. The van der Waals surface area contributed by atoms with Crippen LogP contribution in [0.25, 0.3) is 0 Å². The molecule has 47 heavy (non-hydrogen) atoms. The predicted octanol–water partition coefficient (Wildman–Crippen LogP) is -4.41. The van der Waals surface area contributed by atoms with E-state index >= 15 is 0 Å². The third kappa shape index (κ3) is 9.98. The Balaban J connectivity index is 1.16. The molecule has 4 heterocycles. The van der Waals surface area contributed by atoms with Gasteiger partial charge in [-0.15, -0.1) is 0 Å². The van der Waals surface area contributed by atoms with Crippen molar-refractivity contribution in [1.82, 2.24) is 16.0 Å². The highest BCUT2D eigenvalue weighted by Crippen LogP contribution is 2.33. The minimum Gasteiger partial charge on any atom is -0.441 e. The molecule has 20 heteroatoms. The number of ether oxygens (including phenoxy) is 6. The van der Waals surface area contributed by atoms with Crippen molar-refractivity contribution in [2.75, 3.05) is 45.3 Å². The SMILES string of the molecule is NC(=O)OC1C(O)C(CO)OC(O[C@@H]2[C@H](OCCOCCNC(=O)CCCC[C@@H]3SC[C@@H]4NC(=O)N[C@@H]43)O[C@@H](CO)[C@@H](O)[C@@H]2O)C1O. The van der Waals surface area contributed by atoms with Crippen molar-refractivity contribution in [3.8, 4) is 0 Å². The Hall–Kier alpha value is -2.08. The summed E-state index contributed by atoms with van der Waals surface area (Å²) in [5.41, 5.74) is 5.02. The summed E-state index contributed by atoms with van der Waals surface area (Å²) in [7, 11) is 0. The number of hydrogen-bond acceptors (Lipinski definition) is 16. The zero-order valence-corrected chi connectivity index (χ0v) is 26.4. The van der Waals surface area contributed by atoms with Gasteiger partial charge in [-0.25, -0.2) is 9.59 Å². The second kappa shape index (κ2) is 18.1. The zero-order valence-electron chi connectivity index (χ0n) is 25.6. The van der Waals surface area contributed by atoms with E-state index in [1.807, 2.05) is 11.8 Å². The van der Waals surface area contributed by atoms with Gasteiger partial charge in [0.05, 0.1) is 45.1 Å². The van der Waals surface area contributed by atoms with Crippen molar-refractivity contribution >= 4 is 29.8 Å². The summed E-state index contributed by atoms with van der Waals surface area (Å²) >= 11 is 1.83. The molecule has 4 fully saturated rings. The Morgan fingerprint density at radius 1 is 0.915 bits per heavy atom. The molecule has 0 aromatic rings. The average Bonchev–Trinajstić information content (AvgIpc) is 3.60. The molecular formula is C27H46N4O15S.